The molecule has 2 heterocycles. The summed E-state index contributed by atoms with van der Waals surface area (Å²) in [5, 5.41) is 3.04. The Kier molecular flexibility index (Phi) is 4.47. The predicted octanol–water partition coefficient (Wildman–Crippen LogP) is 1.30. The van der Waals surface area contributed by atoms with E-state index in [4.69, 9.17) is 0 Å². The molecular formula is C11H17N3O2S2. The molecule has 0 aromatic carbocycles. The van der Waals surface area contributed by atoms with Gasteiger partial charge in [0.25, 0.3) is 0 Å². The van der Waals surface area contributed by atoms with E-state index in [1.807, 2.05) is 6.92 Å². The van der Waals surface area contributed by atoms with Gasteiger partial charge < -0.3 is 5.32 Å². The molecule has 0 radical (unpaired) electrons. The van der Waals surface area contributed by atoms with E-state index in [9.17, 15) is 8.42 Å². The topological polar surface area (TPSA) is 71.1 Å². The lowest BCUT2D eigenvalue weighted by molar-refractivity contribution is 0.563. The van der Waals surface area contributed by atoms with E-state index < -0.39 is 10.0 Å². The average molecular weight is 287 g/mol. The van der Waals surface area contributed by atoms with Gasteiger partial charge in [-0.25, -0.2) is 13.1 Å². The van der Waals surface area contributed by atoms with Crippen LogP contribution in [0, 0.1) is 0 Å². The smallest absolute Gasteiger partial charge is 0.244 e. The molecule has 0 amide bonds. The Morgan fingerprint density at radius 3 is 3.06 bits per heavy atom. The Balaban J connectivity index is 2.22. The van der Waals surface area contributed by atoms with E-state index in [-0.39, 0.29) is 10.9 Å². The number of nitrogens with zero attached hydrogens (tertiary/aromatic N) is 1. The van der Waals surface area contributed by atoms with Gasteiger partial charge in [0, 0.05) is 30.7 Å². The SMILES string of the molecule is CCNc1ccncc1S(=O)(=O)NC1CCSC1. The van der Waals surface area contributed by atoms with Crippen molar-refractivity contribution in [3.05, 3.63) is 18.5 Å². The van der Waals surface area contributed by atoms with Gasteiger partial charge in [0.05, 0.1) is 5.69 Å². The van der Waals surface area contributed by atoms with Crippen LogP contribution in [0.2, 0.25) is 0 Å². The Morgan fingerprint density at radius 1 is 1.56 bits per heavy atom. The van der Waals surface area contributed by atoms with E-state index in [2.05, 4.69) is 15.0 Å². The lowest BCUT2D eigenvalue weighted by Crippen LogP contribution is -2.35. The second kappa shape index (κ2) is 5.90. The summed E-state index contributed by atoms with van der Waals surface area (Å²) in [6, 6.07) is 1.72. The third-order valence-corrected chi connectivity index (χ3v) is 5.40. The van der Waals surface area contributed by atoms with Crippen molar-refractivity contribution >= 4 is 27.5 Å². The van der Waals surface area contributed by atoms with Crippen LogP contribution in [0.4, 0.5) is 5.69 Å². The molecule has 1 aromatic heterocycles. The second-order valence-corrected chi connectivity index (χ2v) is 6.92. The van der Waals surface area contributed by atoms with E-state index >= 15 is 0 Å². The van der Waals surface area contributed by atoms with Crippen LogP contribution in [0.25, 0.3) is 0 Å². The number of pyridine rings is 1. The molecule has 1 saturated heterocycles. The molecule has 100 valence electrons. The van der Waals surface area contributed by atoms with Gasteiger partial charge in [0.15, 0.2) is 0 Å². The maximum atomic E-state index is 12.3. The van der Waals surface area contributed by atoms with Crippen LogP contribution in [0.5, 0.6) is 0 Å². The highest BCUT2D eigenvalue weighted by molar-refractivity contribution is 7.99. The zero-order valence-electron chi connectivity index (χ0n) is 10.2. The van der Waals surface area contributed by atoms with Crippen molar-refractivity contribution in [1.82, 2.24) is 9.71 Å². The van der Waals surface area contributed by atoms with Gasteiger partial charge >= 0.3 is 0 Å². The minimum absolute atomic E-state index is 0.0367. The largest absolute Gasteiger partial charge is 0.384 e. The molecule has 7 heteroatoms. The van der Waals surface area contributed by atoms with Gasteiger partial charge in [-0.3, -0.25) is 4.98 Å². The first-order valence-electron chi connectivity index (χ1n) is 5.91. The molecule has 1 aromatic rings. The van der Waals surface area contributed by atoms with Crippen LogP contribution < -0.4 is 10.0 Å². The van der Waals surface area contributed by atoms with Gasteiger partial charge in [-0.15, -0.1) is 0 Å². The summed E-state index contributed by atoms with van der Waals surface area (Å²) >= 11 is 1.77. The second-order valence-electron chi connectivity index (χ2n) is 4.08. The normalized spacial score (nSPS) is 19.9. The first-order chi connectivity index (χ1) is 8.63. The maximum Gasteiger partial charge on any atom is 0.244 e. The lowest BCUT2D eigenvalue weighted by atomic mass is 10.3. The summed E-state index contributed by atoms with van der Waals surface area (Å²) in [6.45, 7) is 2.60. The van der Waals surface area contributed by atoms with Crippen molar-refractivity contribution < 1.29 is 8.42 Å². The Hall–Kier alpha value is -0.790. The predicted molar refractivity (Wildman–Crippen MR) is 74.5 cm³/mol. The molecule has 0 bridgehead atoms. The lowest BCUT2D eigenvalue weighted by Gasteiger charge is -2.14. The van der Waals surface area contributed by atoms with Gasteiger partial charge in [-0.05, 0) is 25.2 Å². The van der Waals surface area contributed by atoms with Crippen molar-refractivity contribution in [3.8, 4) is 0 Å². The summed E-state index contributed by atoms with van der Waals surface area (Å²) in [5.41, 5.74) is 0.602. The highest BCUT2D eigenvalue weighted by Gasteiger charge is 2.25. The van der Waals surface area contributed by atoms with Crippen LogP contribution in [0.1, 0.15) is 13.3 Å². The van der Waals surface area contributed by atoms with Crippen LogP contribution in [-0.4, -0.2) is 37.5 Å². The zero-order chi connectivity index (χ0) is 13.0. The first kappa shape index (κ1) is 13.6. The molecule has 1 unspecified atom stereocenters. The fourth-order valence-corrected chi connectivity index (χ4v) is 4.50. The highest BCUT2D eigenvalue weighted by Crippen LogP contribution is 2.23. The molecule has 0 saturated carbocycles. The summed E-state index contributed by atoms with van der Waals surface area (Å²) in [7, 11) is -3.48. The fraction of sp³-hybridized carbons (Fsp3) is 0.545. The highest BCUT2D eigenvalue weighted by atomic mass is 32.2. The number of anilines is 1. The van der Waals surface area contributed by atoms with E-state index in [0.29, 0.717) is 12.2 Å². The molecule has 1 fully saturated rings. The zero-order valence-corrected chi connectivity index (χ0v) is 11.9. The molecule has 1 aliphatic rings. The van der Waals surface area contributed by atoms with Crippen LogP contribution in [-0.2, 0) is 10.0 Å². The number of hydrogen-bond acceptors (Lipinski definition) is 5. The molecule has 2 N–H and O–H groups in total. The van der Waals surface area contributed by atoms with Crippen LogP contribution in [0.15, 0.2) is 23.4 Å². The molecule has 0 aliphatic carbocycles. The van der Waals surface area contributed by atoms with E-state index in [0.717, 1.165) is 17.9 Å². The van der Waals surface area contributed by atoms with Crippen molar-refractivity contribution in [3.63, 3.8) is 0 Å². The fourth-order valence-electron chi connectivity index (χ4n) is 1.84. The third-order valence-electron chi connectivity index (χ3n) is 2.69. The van der Waals surface area contributed by atoms with Gasteiger partial charge in [-0.1, -0.05) is 0 Å². The minimum Gasteiger partial charge on any atom is -0.384 e. The van der Waals surface area contributed by atoms with Crippen molar-refractivity contribution in [2.45, 2.75) is 24.3 Å². The number of hydrogen-bond donors (Lipinski definition) is 2. The van der Waals surface area contributed by atoms with E-state index in [1.165, 1.54) is 6.20 Å². The number of aromatic nitrogens is 1. The standard InChI is InChI=1S/C11H17N3O2S2/c1-2-13-10-3-5-12-7-11(10)18(15,16)14-9-4-6-17-8-9/h3,5,7,9,14H,2,4,6,8H2,1H3,(H,12,13). The van der Waals surface area contributed by atoms with Gasteiger partial charge in [0.1, 0.15) is 4.90 Å². The summed E-state index contributed by atoms with van der Waals surface area (Å²) in [6.07, 6.45) is 3.87. The Morgan fingerprint density at radius 2 is 2.39 bits per heavy atom. The van der Waals surface area contributed by atoms with Crippen molar-refractivity contribution in [2.24, 2.45) is 0 Å². The molecule has 18 heavy (non-hydrogen) atoms. The number of thioether (sulfide) groups is 1. The quantitative estimate of drug-likeness (QED) is 0.854. The maximum absolute atomic E-state index is 12.3. The number of nitrogens with one attached hydrogen (secondary N) is 2. The third kappa shape index (κ3) is 3.15. The molecule has 2 rings (SSSR count). The molecule has 1 atom stereocenters. The number of sulfonamides is 1. The van der Waals surface area contributed by atoms with Crippen molar-refractivity contribution in [2.75, 3.05) is 23.4 Å². The van der Waals surface area contributed by atoms with Crippen molar-refractivity contribution in [1.29, 1.82) is 0 Å². The molecule has 1 aliphatic heterocycles. The molecular weight excluding hydrogens is 270 g/mol. The Labute approximate surface area is 112 Å². The molecule has 0 spiro atoms. The summed E-state index contributed by atoms with van der Waals surface area (Å²) in [5.74, 6) is 1.86. The van der Waals surface area contributed by atoms with E-state index in [1.54, 1.807) is 24.0 Å². The van der Waals surface area contributed by atoms with Gasteiger partial charge in [-0.2, -0.15) is 11.8 Å². The van der Waals surface area contributed by atoms with Crippen LogP contribution in [0.3, 0.4) is 0 Å². The minimum atomic E-state index is -3.48. The Bertz CT molecular complexity index is 499. The molecule has 5 nitrogen and oxygen atoms in total. The average Bonchev–Trinajstić information content (AvgIpc) is 2.82. The first-order valence-corrected chi connectivity index (χ1v) is 8.55. The van der Waals surface area contributed by atoms with Crippen LogP contribution >= 0.6 is 11.8 Å². The van der Waals surface area contributed by atoms with Gasteiger partial charge in [0.2, 0.25) is 10.0 Å². The monoisotopic (exact) mass is 287 g/mol. The summed E-state index contributed by atoms with van der Waals surface area (Å²) in [4.78, 5) is 4.13. The summed E-state index contributed by atoms with van der Waals surface area (Å²) < 4.78 is 27.3. The number of rotatable bonds is 5.